The molecule has 1 aliphatic heterocycles. The van der Waals surface area contributed by atoms with Crippen LogP contribution in [0.15, 0.2) is 59.7 Å². The van der Waals surface area contributed by atoms with Crippen molar-refractivity contribution in [3.05, 3.63) is 65.8 Å². The lowest BCUT2D eigenvalue weighted by Gasteiger charge is -2.13. The molecule has 1 saturated heterocycles. The van der Waals surface area contributed by atoms with Crippen LogP contribution in [0.25, 0.3) is 5.70 Å². The number of aromatic nitrogens is 1. The third-order valence-corrected chi connectivity index (χ3v) is 4.64. The Balaban J connectivity index is 1.98. The van der Waals surface area contributed by atoms with Crippen LogP contribution < -0.4 is 11.2 Å². The highest BCUT2D eigenvalue weighted by atomic mass is 16.3. The van der Waals surface area contributed by atoms with E-state index in [0.717, 1.165) is 0 Å². The molecule has 0 bridgehead atoms. The number of hydrogen-bond donors (Lipinski definition) is 2. The molecule has 7 nitrogen and oxygen atoms in total. The van der Waals surface area contributed by atoms with E-state index >= 15 is 0 Å². The van der Waals surface area contributed by atoms with E-state index in [4.69, 9.17) is 5.73 Å². The van der Waals surface area contributed by atoms with Crippen molar-refractivity contribution in [2.24, 2.45) is 10.7 Å². The van der Waals surface area contributed by atoms with Gasteiger partial charge in [-0.15, -0.1) is 0 Å². The molecule has 0 saturated carbocycles. The molecule has 2 heterocycles. The van der Waals surface area contributed by atoms with E-state index in [1.54, 1.807) is 67.2 Å². The standard InChI is InChI=1S/C22H22N4O3/c1-3-18(20(23)27)26-13-5-4-9-19(26)24-17-8-6-7-16(15-17)10-11-22(29)12-14-25(2)21(22)28/h3-9,13,15,29H,12,14H2,1-2H3,(H2,23,27)/b18-3-,24-19+/t22-/m0/s1. The quantitative estimate of drug-likeness (QED) is 0.604. The summed E-state index contributed by atoms with van der Waals surface area (Å²) in [6.45, 7) is 2.20. The van der Waals surface area contributed by atoms with Crippen molar-refractivity contribution in [1.82, 2.24) is 9.47 Å². The van der Waals surface area contributed by atoms with E-state index in [1.165, 1.54) is 4.90 Å². The van der Waals surface area contributed by atoms with Gasteiger partial charge in [0, 0.05) is 31.8 Å². The highest BCUT2D eigenvalue weighted by Gasteiger charge is 2.42. The number of pyridine rings is 1. The molecule has 1 aliphatic rings. The summed E-state index contributed by atoms with van der Waals surface area (Å²) in [7, 11) is 1.64. The van der Waals surface area contributed by atoms with Crippen molar-refractivity contribution in [3.8, 4) is 11.8 Å². The molecule has 0 aliphatic carbocycles. The zero-order valence-electron chi connectivity index (χ0n) is 16.3. The van der Waals surface area contributed by atoms with E-state index in [0.29, 0.717) is 29.0 Å². The van der Waals surface area contributed by atoms with Crippen molar-refractivity contribution >= 4 is 23.2 Å². The van der Waals surface area contributed by atoms with Gasteiger partial charge in [0.2, 0.25) is 5.60 Å². The number of primary amides is 1. The van der Waals surface area contributed by atoms with Gasteiger partial charge in [-0.25, -0.2) is 4.99 Å². The second-order valence-corrected chi connectivity index (χ2v) is 6.72. The summed E-state index contributed by atoms with van der Waals surface area (Å²) in [5.41, 5.74) is 5.87. The molecule has 2 amide bonds. The number of likely N-dealkylation sites (tertiary alicyclic amines) is 1. The zero-order chi connectivity index (χ0) is 21.0. The Bertz CT molecular complexity index is 1120. The fraction of sp³-hybridized carbons (Fsp3) is 0.227. The molecule has 2 aromatic rings. The summed E-state index contributed by atoms with van der Waals surface area (Å²) in [5, 5.41) is 10.4. The predicted molar refractivity (Wildman–Crippen MR) is 109 cm³/mol. The average molecular weight is 390 g/mol. The monoisotopic (exact) mass is 390 g/mol. The third kappa shape index (κ3) is 4.28. The van der Waals surface area contributed by atoms with E-state index < -0.39 is 11.5 Å². The van der Waals surface area contributed by atoms with E-state index in [1.807, 2.05) is 6.07 Å². The number of hydrogen-bond acceptors (Lipinski definition) is 4. The molecule has 1 atom stereocenters. The summed E-state index contributed by atoms with van der Waals surface area (Å²) >= 11 is 0. The fourth-order valence-electron chi connectivity index (χ4n) is 3.06. The van der Waals surface area contributed by atoms with Crippen LogP contribution >= 0.6 is 0 Å². The van der Waals surface area contributed by atoms with Gasteiger partial charge in [0.15, 0.2) is 0 Å². The third-order valence-electron chi connectivity index (χ3n) is 4.64. The highest BCUT2D eigenvalue weighted by Crippen LogP contribution is 2.21. The smallest absolute Gasteiger partial charge is 0.267 e. The lowest BCUT2D eigenvalue weighted by atomic mass is 10.0. The number of benzene rings is 1. The molecule has 29 heavy (non-hydrogen) atoms. The zero-order valence-corrected chi connectivity index (χ0v) is 16.3. The number of carbonyl (C=O) groups is 2. The summed E-state index contributed by atoms with van der Waals surface area (Å²) in [6, 6.07) is 12.5. The topological polar surface area (TPSA) is 101 Å². The molecule has 3 rings (SSSR count). The molecule has 1 aromatic heterocycles. The first-order valence-electron chi connectivity index (χ1n) is 9.14. The normalized spacial score (nSPS) is 19.8. The lowest BCUT2D eigenvalue weighted by Crippen LogP contribution is -2.37. The van der Waals surface area contributed by atoms with Crippen LogP contribution in [0.4, 0.5) is 5.69 Å². The molecular formula is C22H22N4O3. The lowest BCUT2D eigenvalue weighted by molar-refractivity contribution is -0.137. The van der Waals surface area contributed by atoms with E-state index in [-0.39, 0.29) is 12.3 Å². The molecule has 0 spiro atoms. The second-order valence-electron chi connectivity index (χ2n) is 6.72. The van der Waals surface area contributed by atoms with Gasteiger partial charge in [0.25, 0.3) is 11.8 Å². The number of carbonyl (C=O) groups excluding carboxylic acids is 2. The Kier molecular flexibility index (Phi) is 5.66. The van der Waals surface area contributed by atoms with Crippen LogP contribution in [0.3, 0.4) is 0 Å². The maximum atomic E-state index is 12.1. The Labute approximate surface area is 168 Å². The minimum atomic E-state index is -1.65. The molecule has 0 radical (unpaired) electrons. The summed E-state index contributed by atoms with van der Waals surface area (Å²) < 4.78 is 1.61. The van der Waals surface area contributed by atoms with Gasteiger partial charge >= 0.3 is 0 Å². The van der Waals surface area contributed by atoms with Gasteiger partial charge in [-0.05, 0) is 37.3 Å². The van der Waals surface area contributed by atoms with Crippen molar-refractivity contribution in [2.45, 2.75) is 18.9 Å². The fourth-order valence-corrected chi connectivity index (χ4v) is 3.06. The van der Waals surface area contributed by atoms with Gasteiger partial charge in [-0.3, -0.25) is 14.2 Å². The number of rotatable bonds is 3. The maximum Gasteiger partial charge on any atom is 0.267 e. The molecule has 3 N–H and O–H groups in total. The van der Waals surface area contributed by atoms with Crippen LogP contribution in [0.1, 0.15) is 18.9 Å². The Morgan fingerprint density at radius 1 is 1.31 bits per heavy atom. The number of amides is 2. The van der Waals surface area contributed by atoms with Gasteiger partial charge in [-0.1, -0.05) is 30.0 Å². The molecule has 7 heteroatoms. The first kappa shape index (κ1) is 20.1. The van der Waals surface area contributed by atoms with Gasteiger partial charge in [0.05, 0.1) is 5.69 Å². The van der Waals surface area contributed by atoms with E-state index in [2.05, 4.69) is 16.8 Å². The highest BCUT2D eigenvalue weighted by molar-refractivity contribution is 6.12. The van der Waals surface area contributed by atoms with Crippen molar-refractivity contribution in [3.63, 3.8) is 0 Å². The minimum Gasteiger partial charge on any atom is -0.369 e. The molecule has 1 aromatic carbocycles. The minimum absolute atomic E-state index is 0.280. The molecular weight excluding hydrogens is 368 g/mol. The SMILES string of the molecule is C/C=C(/C(N)=O)n1cccc/c1=N\c1cccc(C#C[C@]2(O)CCN(C)C2=O)c1. The van der Waals surface area contributed by atoms with Crippen molar-refractivity contribution in [2.75, 3.05) is 13.6 Å². The molecule has 1 fully saturated rings. The Hall–Kier alpha value is -3.63. The largest absolute Gasteiger partial charge is 0.369 e. The average Bonchev–Trinajstić information content (AvgIpc) is 2.96. The van der Waals surface area contributed by atoms with Gasteiger partial charge < -0.3 is 15.7 Å². The summed E-state index contributed by atoms with van der Waals surface area (Å²) in [6.07, 6.45) is 3.61. The number of allylic oxidation sites excluding steroid dienone is 1. The van der Waals surface area contributed by atoms with Crippen LogP contribution in [-0.4, -0.2) is 45.6 Å². The van der Waals surface area contributed by atoms with Crippen LogP contribution in [-0.2, 0) is 9.59 Å². The number of nitrogens with two attached hydrogens (primary N) is 1. The first-order valence-corrected chi connectivity index (χ1v) is 9.14. The van der Waals surface area contributed by atoms with Gasteiger partial charge in [-0.2, -0.15) is 0 Å². The Morgan fingerprint density at radius 3 is 2.76 bits per heavy atom. The van der Waals surface area contributed by atoms with Crippen LogP contribution in [0.2, 0.25) is 0 Å². The second kappa shape index (κ2) is 8.17. The first-order chi connectivity index (χ1) is 13.8. The van der Waals surface area contributed by atoms with Crippen molar-refractivity contribution in [1.29, 1.82) is 0 Å². The number of nitrogens with zero attached hydrogens (tertiary/aromatic N) is 3. The predicted octanol–water partition coefficient (Wildman–Crippen LogP) is 1.01. The summed E-state index contributed by atoms with van der Waals surface area (Å²) in [4.78, 5) is 29.8. The Morgan fingerprint density at radius 2 is 2.10 bits per heavy atom. The maximum absolute atomic E-state index is 12.1. The molecule has 0 unspecified atom stereocenters. The number of likely N-dealkylation sites (N-methyl/N-ethyl adjacent to an activating group) is 1. The number of aliphatic hydroxyl groups is 1. The van der Waals surface area contributed by atoms with E-state index in [9.17, 15) is 14.7 Å². The van der Waals surface area contributed by atoms with Gasteiger partial charge in [0.1, 0.15) is 11.2 Å². The summed E-state index contributed by atoms with van der Waals surface area (Å²) in [5.74, 6) is 4.62. The van der Waals surface area contributed by atoms with Crippen LogP contribution in [0, 0.1) is 11.8 Å². The van der Waals surface area contributed by atoms with Crippen molar-refractivity contribution < 1.29 is 14.7 Å². The van der Waals surface area contributed by atoms with Crippen LogP contribution in [0.5, 0.6) is 0 Å². The molecule has 148 valence electrons.